The van der Waals surface area contributed by atoms with Crippen molar-refractivity contribution in [2.24, 2.45) is 14.1 Å². The fourth-order valence-electron chi connectivity index (χ4n) is 3.42. The molecule has 3 heterocycles. The van der Waals surface area contributed by atoms with E-state index in [-0.39, 0.29) is 5.91 Å². The molecule has 7 heteroatoms. The lowest BCUT2D eigenvalue weighted by atomic mass is 10.1. The Morgan fingerprint density at radius 2 is 2.00 bits per heavy atom. The van der Waals surface area contributed by atoms with E-state index in [4.69, 9.17) is 0 Å². The Hall–Kier alpha value is -2.15. The van der Waals surface area contributed by atoms with Crippen LogP contribution in [0.1, 0.15) is 30.0 Å². The van der Waals surface area contributed by atoms with Gasteiger partial charge in [-0.05, 0) is 12.8 Å². The zero-order valence-corrected chi connectivity index (χ0v) is 13.6. The summed E-state index contributed by atoms with van der Waals surface area (Å²) in [5.74, 6) is 0.811. The molecule has 2 fully saturated rings. The summed E-state index contributed by atoms with van der Waals surface area (Å²) in [5.41, 5.74) is 3.52. The van der Waals surface area contributed by atoms with Gasteiger partial charge in [0.15, 0.2) is 0 Å². The molecule has 2 aromatic heterocycles. The Morgan fingerprint density at radius 1 is 1.17 bits per heavy atom. The third-order valence-corrected chi connectivity index (χ3v) is 4.73. The third-order valence-electron chi connectivity index (χ3n) is 4.73. The summed E-state index contributed by atoms with van der Waals surface area (Å²) in [6.07, 6.45) is 8.13. The molecular formula is C16H22N6O. The Kier molecular flexibility index (Phi) is 3.45. The molecule has 7 nitrogen and oxygen atoms in total. The van der Waals surface area contributed by atoms with Crippen LogP contribution in [0.25, 0.3) is 0 Å². The molecule has 0 aromatic carbocycles. The molecule has 1 aliphatic heterocycles. The van der Waals surface area contributed by atoms with Gasteiger partial charge in [0.1, 0.15) is 0 Å². The number of hydrogen-bond donors (Lipinski definition) is 0. The molecule has 0 radical (unpaired) electrons. The number of anilines is 1. The standard InChI is InChI=1S/C16H22N6O/c1-19-10-14(8-17-19)22-6-5-21(11-15(22)23)9-13-7-18-20(2)16(13)12-3-4-12/h7-8,10,12H,3-6,9,11H2,1-2H3. The van der Waals surface area contributed by atoms with Gasteiger partial charge in [-0.3, -0.25) is 19.1 Å². The summed E-state index contributed by atoms with van der Waals surface area (Å²) in [5, 5.41) is 8.56. The van der Waals surface area contributed by atoms with E-state index >= 15 is 0 Å². The van der Waals surface area contributed by atoms with Crippen LogP contribution in [0, 0.1) is 0 Å². The molecule has 23 heavy (non-hydrogen) atoms. The highest BCUT2D eigenvalue weighted by Gasteiger charge is 2.31. The lowest BCUT2D eigenvalue weighted by Crippen LogP contribution is -2.50. The van der Waals surface area contributed by atoms with Crippen molar-refractivity contribution in [2.45, 2.75) is 25.3 Å². The summed E-state index contributed by atoms with van der Waals surface area (Å²) in [7, 11) is 3.88. The van der Waals surface area contributed by atoms with Gasteiger partial charge in [-0.25, -0.2) is 0 Å². The van der Waals surface area contributed by atoms with E-state index in [2.05, 4.69) is 15.1 Å². The number of piperazine rings is 1. The zero-order valence-electron chi connectivity index (χ0n) is 13.6. The predicted molar refractivity (Wildman–Crippen MR) is 86.0 cm³/mol. The minimum Gasteiger partial charge on any atom is -0.307 e. The summed E-state index contributed by atoms with van der Waals surface area (Å²) in [4.78, 5) is 16.5. The number of carbonyl (C=O) groups is 1. The van der Waals surface area contributed by atoms with Gasteiger partial charge in [-0.2, -0.15) is 10.2 Å². The quantitative estimate of drug-likeness (QED) is 0.840. The molecule has 0 atom stereocenters. The predicted octanol–water partition coefficient (Wildman–Crippen LogP) is 0.880. The minimum absolute atomic E-state index is 0.140. The molecule has 2 aromatic rings. The first-order valence-corrected chi connectivity index (χ1v) is 8.14. The van der Waals surface area contributed by atoms with Crippen molar-refractivity contribution < 1.29 is 4.79 Å². The Morgan fingerprint density at radius 3 is 2.65 bits per heavy atom. The van der Waals surface area contributed by atoms with E-state index in [0.29, 0.717) is 19.0 Å². The lowest BCUT2D eigenvalue weighted by molar-refractivity contribution is -0.121. The van der Waals surface area contributed by atoms with Gasteiger partial charge in [0, 0.05) is 57.1 Å². The summed E-state index contributed by atoms with van der Waals surface area (Å²) in [6, 6.07) is 0. The highest BCUT2D eigenvalue weighted by molar-refractivity contribution is 5.95. The number of carbonyl (C=O) groups excluding carboxylic acids is 1. The van der Waals surface area contributed by atoms with Crippen molar-refractivity contribution in [1.29, 1.82) is 0 Å². The van der Waals surface area contributed by atoms with E-state index in [0.717, 1.165) is 18.8 Å². The molecule has 0 N–H and O–H groups in total. The van der Waals surface area contributed by atoms with Crippen LogP contribution in [-0.4, -0.2) is 50.0 Å². The molecule has 1 aliphatic carbocycles. The van der Waals surface area contributed by atoms with Crippen LogP contribution in [0.4, 0.5) is 5.69 Å². The Balaban J connectivity index is 1.44. The average Bonchev–Trinajstić information content (AvgIpc) is 3.16. The molecular weight excluding hydrogens is 292 g/mol. The van der Waals surface area contributed by atoms with Crippen LogP contribution in [-0.2, 0) is 25.4 Å². The Labute approximate surface area is 135 Å². The highest BCUT2D eigenvalue weighted by atomic mass is 16.2. The van der Waals surface area contributed by atoms with Crippen LogP contribution < -0.4 is 4.90 Å². The smallest absolute Gasteiger partial charge is 0.241 e. The second-order valence-electron chi connectivity index (χ2n) is 6.58. The number of aryl methyl sites for hydroxylation is 2. The first-order valence-electron chi connectivity index (χ1n) is 8.14. The fraction of sp³-hybridized carbons (Fsp3) is 0.562. The summed E-state index contributed by atoms with van der Waals surface area (Å²) >= 11 is 0. The number of aromatic nitrogens is 4. The molecule has 0 bridgehead atoms. The maximum absolute atomic E-state index is 12.5. The second kappa shape index (κ2) is 5.49. The largest absolute Gasteiger partial charge is 0.307 e. The van der Waals surface area contributed by atoms with Gasteiger partial charge in [0.25, 0.3) is 0 Å². The number of amides is 1. The maximum Gasteiger partial charge on any atom is 0.241 e. The lowest BCUT2D eigenvalue weighted by Gasteiger charge is -2.33. The second-order valence-corrected chi connectivity index (χ2v) is 6.58. The molecule has 1 saturated carbocycles. The summed E-state index contributed by atoms with van der Waals surface area (Å²) in [6.45, 7) is 2.85. The van der Waals surface area contributed by atoms with Gasteiger partial charge in [-0.1, -0.05) is 0 Å². The van der Waals surface area contributed by atoms with Crippen LogP contribution in [0.15, 0.2) is 18.6 Å². The van der Waals surface area contributed by atoms with E-state index < -0.39 is 0 Å². The topological polar surface area (TPSA) is 59.2 Å². The molecule has 1 saturated heterocycles. The molecule has 122 valence electrons. The van der Waals surface area contributed by atoms with Gasteiger partial charge in [0.05, 0.1) is 24.6 Å². The van der Waals surface area contributed by atoms with Gasteiger partial charge < -0.3 is 4.90 Å². The van der Waals surface area contributed by atoms with E-state index in [9.17, 15) is 4.79 Å². The minimum atomic E-state index is 0.140. The van der Waals surface area contributed by atoms with E-state index in [1.165, 1.54) is 24.1 Å². The first kappa shape index (κ1) is 14.4. The number of hydrogen-bond acceptors (Lipinski definition) is 4. The van der Waals surface area contributed by atoms with Crippen LogP contribution in [0.2, 0.25) is 0 Å². The number of nitrogens with zero attached hydrogens (tertiary/aromatic N) is 6. The number of rotatable bonds is 4. The Bertz CT molecular complexity index is 729. The van der Waals surface area contributed by atoms with Crippen molar-refractivity contribution in [2.75, 3.05) is 24.5 Å². The molecule has 2 aliphatic rings. The van der Waals surface area contributed by atoms with Crippen LogP contribution in [0.5, 0.6) is 0 Å². The van der Waals surface area contributed by atoms with Crippen LogP contribution >= 0.6 is 0 Å². The van der Waals surface area contributed by atoms with E-state index in [1.807, 2.05) is 36.1 Å². The molecule has 1 amide bonds. The average molecular weight is 314 g/mol. The first-order chi connectivity index (χ1) is 11.1. The van der Waals surface area contributed by atoms with Gasteiger partial charge in [0.2, 0.25) is 5.91 Å². The van der Waals surface area contributed by atoms with Crippen LogP contribution in [0.3, 0.4) is 0 Å². The fourth-order valence-corrected chi connectivity index (χ4v) is 3.42. The van der Waals surface area contributed by atoms with Crippen molar-refractivity contribution in [1.82, 2.24) is 24.5 Å². The van der Waals surface area contributed by atoms with Crippen molar-refractivity contribution in [3.8, 4) is 0 Å². The monoisotopic (exact) mass is 314 g/mol. The summed E-state index contributed by atoms with van der Waals surface area (Å²) < 4.78 is 3.73. The maximum atomic E-state index is 12.5. The molecule has 0 spiro atoms. The SMILES string of the molecule is Cn1cc(N2CCN(Cc3cnn(C)c3C3CC3)CC2=O)cn1. The molecule has 0 unspecified atom stereocenters. The van der Waals surface area contributed by atoms with Crippen molar-refractivity contribution >= 4 is 11.6 Å². The third kappa shape index (κ3) is 2.76. The highest BCUT2D eigenvalue weighted by Crippen LogP contribution is 2.41. The van der Waals surface area contributed by atoms with Crippen molar-refractivity contribution in [3.63, 3.8) is 0 Å². The van der Waals surface area contributed by atoms with Gasteiger partial charge in [-0.15, -0.1) is 0 Å². The van der Waals surface area contributed by atoms with Crippen molar-refractivity contribution in [3.05, 3.63) is 29.8 Å². The molecule has 4 rings (SSSR count). The van der Waals surface area contributed by atoms with E-state index in [1.54, 1.807) is 10.9 Å². The zero-order chi connectivity index (χ0) is 16.0. The normalized spacial score (nSPS) is 19.6. The van der Waals surface area contributed by atoms with Gasteiger partial charge >= 0.3 is 0 Å².